The van der Waals surface area contributed by atoms with E-state index in [0.717, 1.165) is 19.3 Å². The third kappa shape index (κ3) is 1.57. The first-order valence-corrected chi connectivity index (χ1v) is 5.69. The predicted molar refractivity (Wildman–Crippen MR) is 60.5 cm³/mol. The smallest absolute Gasteiger partial charge is 0.168 e. The van der Waals surface area contributed by atoms with Crippen LogP contribution in [0.25, 0.3) is 0 Å². The molecule has 1 heterocycles. The molecule has 0 aliphatic heterocycles. The molecule has 1 aromatic heterocycles. The van der Waals surface area contributed by atoms with Gasteiger partial charge in [0.05, 0.1) is 18.6 Å². The highest BCUT2D eigenvalue weighted by atomic mass is 16.5. The number of carbonyl (C=O) groups excluding carboxylic acids is 1. The lowest BCUT2D eigenvalue weighted by Gasteiger charge is -2.52. The average Bonchev–Trinajstić information content (AvgIpc) is 2.71. The summed E-state index contributed by atoms with van der Waals surface area (Å²) in [7, 11) is 0. The first kappa shape index (κ1) is 11.3. The largest absolute Gasteiger partial charge is 0.378 e. The van der Waals surface area contributed by atoms with Crippen LogP contribution in [0, 0.1) is 5.41 Å². The summed E-state index contributed by atoms with van der Waals surface area (Å²) < 4.78 is 7.63. The van der Waals surface area contributed by atoms with Crippen LogP contribution < -0.4 is 0 Å². The van der Waals surface area contributed by atoms with Crippen LogP contribution in [0.3, 0.4) is 0 Å². The molecule has 4 heteroatoms. The van der Waals surface area contributed by atoms with Crippen LogP contribution in [0.2, 0.25) is 0 Å². The molecule has 2 rings (SSSR count). The molecule has 16 heavy (non-hydrogen) atoms. The Morgan fingerprint density at radius 2 is 2.44 bits per heavy atom. The summed E-state index contributed by atoms with van der Waals surface area (Å²) in [6.07, 6.45) is 5.44. The summed E-state index contributed by atoms with van der Waals surface area (Å²) in [5.41, 5.74) is 0.710. The Hall–Kier alpha value is -1.16. The maximum atomic E-state index is 10.9. The van der Waals surface area contributed by atoms with E-state index in [-0.39, 0.29) is 11.5 Å². The van der Waals surface area contributed by atoms with Gasteiger partial charge >= 0.3 is 0 Å². The number of carbonyl (C=O) groups is 1. The minimum atomic E-state index is 0.0640. The van der Waals surface area contributed by atoms with Crippen molar-refractivity contribution in [3.63, 3.8) is 0 Å². The summed E-state index contributed by atoms with van der Waals surface area (Å²) in [6, 6.07) is 0.312. The van der Waals surface area contributed by atoms with Gasteiger partial charge in [-0.3, -0.25) is 4.79 Å². The molecular weight excluding hydrogens is 204 g/mol. The van der Waals surface area contributed by atoms with E-state index in [2.05, 4.69) is 18.8 Å². The number of hydrogen-bond acceptors (Lipinski definition) is 3. The van der Waals surface area contributed by atoms with Crippen molar-refractivity contribution in [1.82, 2.24) is 9.55 Å². The second kappa shape index (κ2) is 4.01. The highest BCUT2D eigenvalue weighted by molar-refractivity contribution is 5.71. The molecule has 1 fully saturated rings. The lowest BCUT2D eigenvalue weighted by atomic mass is 9.64. The minimum absolute atomic E-state index is 0.0640. The number of ether oxygens (including phenoxy) is 1. The molecule has 0 bridgehead atoms. The maximum absolute atomic E-state index is 10.9. The van der Waals surface area contributed by atoms with Gasteiger partial charge in [0.15, 0.2) is 6.29 Å². The number of aromatic nitrogens is 2. The lowest BCUT2D eigenvalue weighted by Crippen LogP contribution is -2.51. The van der Waals surface area contributed by atoms with Crippen LogP contribution in [-0.2, 0) is 4.74 Å². The molecule has 1 aliphatic rings. The molecule has 1 aliphatic carbocycles. The zero-order valence-corrected chi connectivity index (χ0v) is 10.0. The molecule has 4 nitrogen and oxygen atoms in total. The number of aldehydes is 1. The fourth-order valence-corrected chi connectivity index (χ4v) is 2.49. The van der Waals surface area contributed by atoms with Gasteiger partial charge in [-0.2, -0.15) is 0 Å². The summed E-state index contributed by atoms with van der Waals surface area (Å²) in [6.45, 7) is 7.11. The first-order chi connectivity index (χ1) is 7.61. The fourth-order valence-electron chi connectivity index (χ4n) is 2.49. The summed E-state index contributed by atoms with van der Waals surface area (Å²) in [4.78, 5) is 14.9. The van der Waals surface area contributed by atoms with Crippen LogP contribution in [0.4, 0.5) is 0 Å². The third-order valence-electron chi connectivity index (χ3n) is 3.65. The van der Waals surface area contributed by atoms with Crippen LogP contribution in [-0.4, -0.2) is 28.5 Å². The SMILES string of the molecule is CCOC1CC(n2cncc2C=O)C1(C)C. The average molecular weight is 222 g/mol. The first-order valence-electron chi connectivity index (χ1n) is 5.69. The van der Waals surface area contributed by atoms with Crippen molar-refractivity contribution < 1.29 is 9.53 Å². The maximum Gasteiger partial charge on any atom is 0.168 e. The van der Waals surface area contributed by atoms with Gasteiger partial charge in [0, 0.05) is 18.1 Å². The van der Waals surface area contributed by atoms with Gasteiger partial charge in [-0.05, 0) is 13.3 Å². The van der Waals surface area contributed by atoms with E-state index in [1.165, 1.54) is 0 Å². The van der Waals surface area contributed by atoms with Crippen LogP contribution in [0.5, 0.6) is 0 Å². The Labute approximate surface area is 95.6 Å². The van der Waals surface area contributed by atoms with E-state index in [1.807, 2.05) is 11.5 Å². The van der Waals surface area contributed by atoms with Gasteiger partial charge in [0.25, 0.3) is 0 Å². The Balaban J connectivity index is 2.17. The monoisotopic (exact) mass is 222 g/mol. The van der Waals surface area contributed by atoms with E-state index < -0.39 is 0 Å². The molecule has 0 spiro atoms. The molecule has 88 valence electrons. The molecule has 0 N–H and O–H groups in total. The molecule has 1 aromatic rings. The minimum Gasteiger partial charge on any atom is -0.378 e. The van der Waals surface area contributed by atoms with Crippen molar-refractivity contribution in [2.24, 2.45) is 5.41 Å². The van der Waals surface area contributed by atoms with E-state index in [1.54, 1.807) is 12.5 Å². The van der Waals surface area contributed by atoms with Gasteiger partial charge in [0.1, 0.15) is 5.69 Å². The molecule has 0 saturated heterocycles. The van der Waals surface area contributed by atoms with Crippen molar-refractivity contribution in [3.8, 4) is 0 Å². The van der Waals surface area contributed by atoms with E-state index in [0.29, 0.717) is 11.7 Å². The van der Waals surface area contributed by atoms with Gasteiger partial charge in [-0.1, -0.05) is 13.8 Å². The van der Waals surface area contributed by atoms with Gasteiger partial charge in [0.2, 0.25) is 0 Å². The second-order valence-corrected chi connectivity index (χ2v) is 4.86. The van der Waals surface area contributed by atoms with Gasteiger partial charge in [-0.15, -0.1) is 0 Å². The van der Waals surface area contributed by atoms with Crippen LogP contribution >= 0.6 is 0 Å². The predicted octanol–water partition coefficient (Wildman–Crippen LogP) is 2.07. The zero-order valence-electron chi connectivity index (χ0n) is 10.0. The molecule has 0 radical (unpaired) electrons. The molecule has 1 saturated carbocycles. The Morgan fingerprint density at radius 3 is 3.00 bits per heavy atom. The van der Waals surface area contributed by atoms with Crippen LogP contribution in [0.1, 0.15) is 43.7 Å². The quantitative estimate of drug-likeness (QED) is 0.732. The normalized spacial score (nSPS) is 27.4. The Bertz CT molecular complexity index is 384. The summed E-state index contributed by atoms with van der Waals surface area (Å²) in [5.74, 6) is 0. The van der Waals surface area contributed by atoms with Gasteiger partial charge < -0.3 is 9.30 Å². The molecule has 0 aromatic carbocycles. The molecular formula is C12H18N2O2. The number of rotatable bonds is 4. The van der Waals surface area contributed by atoms with Crippen molar-refractivity contribution in [1.29, 1.82) is 0 Å². The highest BCUT2D eigenvalue weighted by Crippen LogP contribution is 2.51. The molecule has 2 unspecified atom stereocenters. The number of imidazole rings is 1. The summed E-state index contributed by atoms with van der Waals surface area (Å²) >= 11 is 0. The third-order valence-corrected chi connectivity index (χ3v) is 3.65. The van der Waals surface area contributed by atoms with Crippen molar-refractivity contribution in [3.05, 3.63) is 18.2 Å². The molecule has 0 amide bonds. The second-order valence-electron chi connectivity index (χ2n) is 4.86. The van der Waals surface area contributed by atoms with E-state index in [4.69, 9.17) is 4.74 Å². The number of hydrogen-bond donors (Lipinski definition) is 0. The lowest BCUT2D eigenvalue weighted by molar-refractivity contribution is -0.128. The fraction of sp³-hybridized carbons (Fsp3) is 0.667. The topological polar surface area (TPSA) is 44.1 Å². The Morgan fingerprint density at radius 1 is 1.69 bits per heavy atom. The highest BCUT2D eigenvalue weighted by Gasteiger charge is 2.50. The van der Waals surface area contributed by atoms with Crippen molar-refractivity contribution in [2.75, 3.05) is 6.61 Å². The van der Waals surface area contributed by atoms with Crippen molar-refractivity contribution in [2.45, 2.75) is 39.3 Å². The standard InChI is InChI=1S/C12H18N2O2/c1-4-16-11-5-10(12(11,2)3)14-8-13-6-9(14)7-15/h6-8,10-11H,4-5H2,1-3H3. The summed E-state index contributed by atoms with van der Waals surface area (Å²) in [5, 5.41) is 0. The molecule has 2 atom stereocenters. The van der Waals surface area contributed by atoms with E-state index in [9.17, 15) is 4.79 Å². The van der Waals surface area contributed by atoms with Crippen LogP contribution in [0.15, 0.2) is 12.5 Å². The van der Waals surface area contributed by atoms with E-state index >= 15 is 0 Å². The van der Waals surface area contributed by atoms with Crippen molar-refractivity contribution >= 4 is 6.29 Å². The zero-order chi connectivity index (χ0) is 11.8. The van der Waals surface area contributed by atoms with Gasteiger partial charge in [-0.25, -0.2) is 4.98 Å². The number of nitrogens with zero attached hydrogens (tertiary/aromatic N) is 2. The Kier molecular flexibility index (Phi) is 2.84.